The largest absolute Gasteiger partial charge is 0.388 e. The molecule has 3 nitrogen and oxygen atoms in total. The highest BCUT2D eigenvalue weighted by Gasteiger charge is 2.31. The molecule has 1 fully saturated rings. The summed E-state index contributed by atoms with van der Waals surface area (Å²) in [7, 11) is 0. The molecule has 0 unspecified atom stereocenters. The van der Waals surface area contributed by atoms with Gasteiger partial charge < -0.3 is 10.4 Å². The minimum atomic E-state index is -0.454. The van der Waals surface area contributed by atoms with Gasteiger partial charge in [0, 0.05) is 12.6 Å². The van der Waals surface area contributed by atoms with Crippen LogP contribution in [-0.4, -0.2) is 47.8 Å². The first-order chi connectivity index (χ1) is 7.07. The highest BCUT2D eigenvalue weighted by Crippen LogP contribution is 2.20. The molecule has 1 rings (SSSR count). The first kappa shape index (κ1) is 12.9. The van der Waals surface area contributed by atoms with Gasteiger partial charge in [0.25, 0.3) is 0 Å². The molecule has 0 aromatic heterocycles. The lowest BCUT2D eigenvalue weighted by atomic mass is 9.91. The molecule has 1 saturated heterocycles. The molecule has 0 spiro atoms. The molecule has 0 amide bonds. The summed E-state index contributed by atoms with van der Waals surface area (Å²) in [6.45, 7) is 10.4. The molecule has 0 atom stereocenters. The Kier molecular flexibility index (Phi) is 5.03. The summed E-state index contributed by atoms with van der Waals surface area (Å²) in [6.07, 6.45) is 2.94. The Hall–Kier alpha value is -0.120. The van der Waals surface area contributed by atoms with Gasteiger partial charge in [-0.2, -0.15) is 0 Å². The van der Waals surface area contributed by atoms with Crippen molar-refractivity contribution in [3.8, 4) is 0 Å². The van der Waals surface area contributed by atoms with Crippen LogP contribution >= 0.6 is 0 Å². The average Bonchev–Trinajstić information content (AvgIpc) is 2.18. The van der Waals surface area contributed by atoms with Crippen LogP contribution in [0.5, 0.6) is 0 Å². The first-order valence-corrected chi connectivity index (χ1v) is 6.24. The van der Waals surface area contributed by atoms with Crippen LogP contribution in [0, 0.1) is 0 Å². The summed E-state index contributed by atoms with van der Waals surface area (Å²) in [5.74, 6) is 0. The number of rotatable bonds is 5. The Morgan fingerprint density at radius 1 is 1.33 bits per heavy atom. The van der Waals surface area contributed by atoms with Crippen LogP contribution in [0.15, 0.2) is 0 Å². The third-order valence-electron chi connectivity index (χ3n) is 3.27. The Labute approximate surface area is 93.9 Å². The van der Waals surface area contributed by atoms with Crippen molar-refractivity contribution in [1.82, 2.24) is 10.2 Å². The van der Waals surface area contributed by atoms with Crippen LogP contribution in [0.25, 0.3) is 0 Å². The molecule has 0 saturated carbocycles. The molecule has 3 heteroatoms. The lowest BCUT2D eigenvalue weighted by molar-refractivity contribution is -0.0277. The number of nitrogens with one attached hydrogen (secondary N) is 1. The van der Waals surface area contributed by atoms with E-state index in [4.69, 9.17) is 0 Å². The van der Waals surface area contributed by atoms with E-state index in [0.29, 0.717) is 6.04 Å². The highest BCUT2D eigenvalue weighted by molar-refractivity contribution is 4.87. The van der Waals surface area contributed by atoms with E-state index in [1.165, 1.54) is 0 Å². The fourth-order valence-corrected chi connectivity index (χ4v) is 2.24. The van der Waals surface area contributed by atoms with E-state index in [1.54, 1.807) is 0 Å². The summed E-state index contributed by atoms with van der Waals surface area (Å²) < 4.78 is 0. The molecule has 90 valence electrons. The summed E-state index contributed by atoms with van der Waals surface area (Å²) in [5, 5.41) is 13.7. The van der Waals surface area contributed by atoms with Crippen LogP contribution in [0.1, 0.15) is 40.0 Å². The minimum Gasteiger partial charge on any atom is -0.388 e. The summed E-state index contributed by atoms with van der Waals surface area (Å²) >= 11 is 0. The summed E-state index contributed by atoms with van der Waals surface area (Å²) in [5.41, 5.74) is -0.454. The van der Waals surface area contributed by atoms with E-state index in [1.807, 2.05) is 0 Å². The van der Waals surface area contributed by atoms with E-state index >= 15 is 0 Å². The minimum absolute atomic E-state index is 0.454. The molecule has 15 heavy (non-hydrogen) atoms. The zero-order chi connectivity index (χ0) is 11.3. The van der Waals surface area contributed by atoms with Gasteiger partial charge in [0.1, 0.15) is 0 Å². The van der Waals surface area contributed by atoms with E-state index < -0.39 is 5.60 Å². The summed E-state index contributed by atoms with van der Waals surface area (Å²) in [6, 6.07) is 0.531. The molecular weight excluding hydrogens is 188 g/mol. The van der Waals surface area contributed by atoms with Crippen LogP contribution in [0.3, 0.4) is 0 Å². The van der Waals surface area contributed by atoms with Gasteiger partial charge in [-0.15, -0.1) is 0 Å². The maximum atomic E-state index is 10.4. The number of aliphatic hydroxyl groups is 1. The van der Waals surface area contributed by atoms with Crippen LogP contribution < -0.4 is 5.32 Å². The smallest absolute Gasteiger partial charge is 0.0798 e. The third-order valence-corrected chi connectivity index (χ3v) is 3.27. The third kappa shape index (κ3) is 4.09. The molecule has 1 aliphatic heterocycles. The fourth-order valence-electron chi connectivity index (χ4n) is 2.24. The first-order valence-electron chi connectivity index (χ1n) is 6.24. The van der Waals surface area contributed by atoms with Gasteiger partial charge in [-0.3, -0.25) is 4.90 Å². The average molecular weight is 214 g/mol. The van der Waals surface area contributed by atoms with Crippen LogP contribution in [0.2, 0.25) is 0 Å². The molecule has 0 bridgehead atoms. The molecule has 0 aliphatic carbocycles. The molecule has 1 heterocycles. The number of hydrogen-bond acceptors (Lipinski definition) is 3. The van der Waals surface area contributed by atoms with Gasteiger partial charge in [0.15, 0.2) is 0 Å². The molecular formula is C12H26N2O. The van der Waals surface area contributed by atoms with Gasteiger partial charge in [-0.25, -0.2) is 0 Å². The van der Waals surface area contributed by atoms with Gasteiger partial charge in [0.05, 0.1) is 5.60 Å². The van der Waals surface area contributed by atoms with Gasteiger partial charge >= 0.3 is 0 Å². The zero-order valence-corrected chi connectivity index (χ0v) is 10.4. The number of nitrogens with zero attached hydrogens (tertiary/aromatic N) is 1. The van der Waals surface area contributed by atoms with Crippen molar-refractivity contribution in [3.05, 3.63) is 0 Å². The molecule has 1 aliphatic rings. The second-order valence-electron chi connectivity index (χ2n) is 5.04. The standard InChI is InChI=1S/C12H26N2O/c1-4-9-14(11(2)3)10-12(15)5-7-13-8-6-12/h11,13,15H,4-10H2,1-3H3. The number of hydrogen-bond donors (Lipinski definition) is 2. The fraction of sp³-hybridized carbons (Fsp3) is 1.00. The highest BCUT2D eigenvalue weighted by atomic mass is 16.3. The normalized spacial score (nSPS) is 21.2. The van der Waals surface area contributed by atoms with E-state index in [9.17, 15) is 5.11 Å². The van der Waals surface area contributed by atoms with Gasteiger partial charge in [-0.1, -0.05) is 6.92 Å². The van der Waals surface area contributed by atoms with Crippen molar-refractivity contribution in [3.63, 3.8) is 0 Å². The van der Waals surface area contributed by atoms with Crippen molar-refractivity contribution in [1.29, 1.82) is 0 Å². The van der Waals surface area contributed by atoms with Gasteiger partial charge in [0.2, 0.25) is 0 Å². The van der Waals surface area contributed by atoms with Gasteiger partial charge in [-0.05, 0) is 52.7 Å². The van der Waals surface area contributed by atoms with Crippen molar-refractivity contribution in [2.45, 2.75) is 51.7 Å². The Bertz CT molecular complexity index is 176. The predicted octanol–water partition coefficient (Wildman–Crippen LogP) is 1.22. The van der Waals surface area contributed by atoms with E-state index in [0.717, 1.165) is 45.4 Å². The van der Waals surface area contributed by atoms with Crippen LogP contribution in [0.4, 0.5) is 0 Å². The molecule has 0 radical (unpaired) electrons. The second kappa shape index (κ2) is 5.83. The van der Waals surface area contributed by atoms with Crippen molar-refractivity contribution in [2.75, 3.05) is 26.2 Å². The topological polar surface area (TPSA) is 35.5 Å². The monoisotopic (exact) mass is 214 g/mol. The quantitative estimate of drug-likeness (QED) is 0.722. The second-order valence-corrected chi connectivity index (χ2v) is 5.04. The SMILES string of the molecule is CCCN(CC1(O)CCNCC1)C(C)C. The van der Waals surface area contributed by atoms with E-state index in [2.05, 4.69) is 31.0 Å². The Morgan fingerprint density at radius 2 is 1.93 bits per heavy atom. The van der Waals surface area contributed by atoms with Crippen molar-refractivity contribution in [2.24, 2.45) is 0 Å². The molecule has 0 aromatic carbocycles. The lowest BCUT2D eigenvalue weighted by Gasteiger charge is -2.38. The summed E-state index contributed by atoms with van der Waals surface area (Å²) in [4.78, 5) is 2.39. The molecule has 2 N–H and O–H groups in total. The Balaban J connectivity index is 2.47. The number of piperidine rings is 1. The van der Waals surface area contributed by atoms with Crippen molar-refractivity contribution < 1.29 is 5.11 Å². The zero-order valence-electron chi connectivity index (χ0n) is 10.4. The van der Waals surface area contributed by atoms with Crippen LogP contribution in [-0.2, 0) is 0 Å². The maximum absolute atomic E-state index is 10.4. The van der Waals surface area contributed by atoms with Crippen molar-refractivity contribution >= 4 is 0 Å². The predicted molar refractivity (Wildman–Crippen MR) is 64.1 cm³/mol. The Morgan fingerprint density at radius 3 is 2.40 bits per heavy atom. The lowest BCUT2D eigenvalue weighted by Crippen LogP contribution is -2.51. The van der Waals surface area contributed by atoms with E-state index in [-0.39, 0.29) is 0 Å². The maximum Gasteiger partial charge on any atom is 0.0798 e. The molecule has 0 aromatic rings.